The lowest BCUT2D eigenvalue weighted by Gasteiger charge is -2.27. The normalized spacial score (nSPS) is 11.1. The summed E-state index contributed by atoms with van der Waals surface area (Å²) in [7, 11) is 2.13. The third kappa shape index (κ3) is 4.18. The molecule has 0 spiro atoms. The van der Waals surface area contributed by atoms with Crippen molar-refractivity contribution in [2.24, 2.45) is 0 Å². The molecule has 0 bridgehead atoms. The highest BCUT2D eigenvalue weighted by molar-refractivity contribution is 5.99. The average Bonchev–Trinajstić information content (AvgIpc) is 2.93. The van der Waals surface area contributed by atoms with Crippen LogP contribution in [0.2, 0.25) is 0 Å². The fraction of sp³-hybridized carbons (Fsp3) is 0.0588. The van der Waals surface area contributed by atoms with E-state index in [1.807, 2.05) is 0 Å². The summed E-state index contributed by atoms with van der Waals surface area (Å²) in [6.07, 6.45) is 0. The van der Waals surface area contributed by atoms with E-state index in [2.05, 4.69) is 157 Å². The molecule has 0 atom stereocenters. The number of hydrogen-bond donors (Lipinski definition) is 0. The number of rotatable bonds is 5. The molecule has 0 aliphatic carbocycles. The van der Waals surface area contributed by atoms with Crippen molar-refractivity contribution in [1.82, 2.24) is 0 Å². The summed E-state index contributed by atoms with van der Waals surface area (Å²) in [6, 6.07) is 47.8. The second-order valence-corrected chi connectivity index (χ2v) is 9.31. The Kier molecular flexibility index (Phi) is 5.63. The molecule has 0 saturated heterocycles. The van der Waals surface area contributed by atoms with Crippen molar-refractivity contribution in [2.75, 3.05) is 16.8 Å². The molecule has 2 heteroatoms. The Morgan fingerprint density at radius 2 is 0.861 bits per heavy atom. The lowest BCUT2D eigenvalue weighted by molar-refractivity contribution is 1.21. The van der Waals surface area contributed by atoms with Gasteiger partial charge in [-0.15, -0.1) is 0 Å². The molecule has 0 fully saturated rings. The number of aryl methyl sites for hydroxylation is 1. The molecule has 0 saturated carbocycles. The van der Waals surface area contributed by atoms with Crippen molar-refractivity contribution in [3.8, 4) is 0 Å². The van der Waals surface area contributed by atoms with Gasteiger partial charge in [-0.3, -0.25) is 0 Å². The predicted molar refractivity (Wildman–Crippen MR) is 155 cm³/mol. The number of hydrogen-bond acceptors (Lipinski definition) is 2. The Bertz CT molecular complexity index is 1640. The molecule has 0 aromatic heterocycles. The number of anilines is 5. The molecule has 0 N–H and O–H groups in total. The highest BCUT2D eigenvalue weighted by atomic mass is 15.1. The minimum Gasteiger partial charge on any atom is -0.345 e. The zero-order valence-corrected chi connectivity index (χ0v) is 20.6. The SMILES string of the molecule is Cc1ccc(N(c2ccccc2)c2ccc(N(C)c3ccc4cc5ccccc5cc4c3)cc2)cc1. The van der Waals surface area contributed by atoms with E-state index in [1.54, 1.807) is 0 Å². The maximum Gasteiger partial charge on any atom is 0.0463 e. The Morgan fingerprint density at radius 1 is 0.389 bits per heavy atom. The maximum atomic E-state index is 2.30. The highest BCUT2D eigenvalue weighted by Crippen LogP contribution is 2.36. The molecular formula is C34H28N2. The van der Waals surface area contributed by atoms with Gasteiger partial charge in [-0.2, -0.15) is 0 Å². The van der Waals surface area contributed by atoms with Crippen LogP contribution in [0.25, 0.3) is 21.5 Å². The first-order valence-electron chi connectivity index (χ1n) is 12.3. The van der Waals surface area contributed by atoms with Crippen molar-refractivity contribution in [3.05, 3.63) is 139 Å². The summed E-state index contributed by atoms with van der Waals surface area (Å²) in [5.41, 5.74) is 7.00. The van der Waals surface area contributed by atoms with E-state index in [0.29, 0.717) is 0 Å². The molecule has 0 radical (unpaired) electrons. The zero-order valence-electron chi connectivity index (χ0n) is 20.6. The van der Waals surface area contributed by atoms with Crippen molar-refractivity contribution < 1.29 is 0 Å². The maximum absolute atomic E-state index is 2.30. The topological polar surface area (TPSA) is 6.48 Å². The molecule has 2 nitrogen and oxygen atoms in total. The van der Waals surface area contributed by atoms with Gasteiger partial charge in [0, 0.05) is 35.5 Å². The van der Waals surface area contributed by atoms with E-state index in [-0.39, 0.29) is 0 Å². The Balaban J connectivity index is 1.34. The van der Waals surface area contributed by atoms with Gasteiger partial charge in [-0.1, -0.05) is 66.2 Å². The molecule has 0 aliphatic rings. The van der Waals surface area contributed by atoms with Crippen molar-refractivity contribution in [1.29, 1.82) is 0 Å². The van der Waals surface area contributed by atoms with Gasteiger partial charge in [0.15, 0.2) is 0 Å². The Hall–Kier alpha value is -4.56. The molecule has 174 valence electrons. The summed E-state index contributed by atoms with van der Waals surface area (Å²) in [6.45, 7) is 2.12. The number of para-hydroxylation sites is 1. The van der Waals surface area contributed by atoms with Crippen LogP contribution in [0.15, 0.2) is 133 Å². The Labute approximate surface area is 212 Å². The van der Waals surface area contributed by atoms with Gasteiger partial charge in [0.05, 0.1) is 0 Å². The quantitative estimate of drug-likeness (QED) is 0.234. The number of nitrogens with zero attached hydrogens (tertiary/aromatic N) is 2. The van der Waals surface area contributed by atoms with Gasteiger partial charge in [-0.25, -0.2) is 0 Å². The minimum atomic E-state index is 1.13. The Morgan fingerprint density at radius 3 is 1.53 bits per heavy atom. The van der Waals surface area contributed by atoms with Crippen LogP contribution in [0, 0.1) is 6.92 Å². The molecule has 36 heavy (non-hydrogen) atoms. The summed E-state index contributed by atoms with van der Waals surface area (Å²) in [5, 5.41) is 5.06. The fourth-order valence-electron chi connectivity index (χ4n) is 4.83. The first-order chi connectivity index (χ1) is 17.7. The molecule has 0 aliphatic heterocycles. The van der Waals surface area contributed by atoms with Crippen LogP contribution in [0.3, 0.4) is 0 Å². The second-order valence-electron chi connectivity index (χ2n) is 9.31. The van der Waals surface area contributed by atoms with Crippen molar-refractivity contribution >= 4 is 50.0 Å². The molecule has 0 unspecified atom stereocenters. The summed E-state index contributed by atoms with van der Waals surface area (Å²) >= 11 is 0. The highest BCUT2D eigenvalue weighted by Gasteiger charge is 2.13. The minimum absolute atomic E-state index is 1.13. The second kappa shape index (κ2) is 9.24. The van der Waals surface area contributed by atoms with Crippen LogP contribution in [0.1, 0.15) is 5.56 Å². The van der Waals surface area contributed by atoms with Gasteiger partial charge in [0.2, 0.25) is 0 Å². The van der Waals surface area contributed by atoms with E-state index < -0.39 is 0 Å². The van der Waals surface area contributed by atoms with Gasteiger partial charge in [0.1, 0.15) is 0 Å². The van der Waals surface area contributed by atoms with E-state index in [0.717, 1.165) is 22.7 Å². The number of benzene rings is 6. The van der Waals surface area contributed by atoms with Gasteiger partial charge >= 0.3 is 0 Å². The fourth-order valence-corrected chi connectivity index (χ4v) is 4.83. The molecule has 6 aromatic carbocycles. The number of fused-ring (bicyclic) bond motifs is 2. The molecular weight excluding hydrogens is 436 g/mol. The summed E-state index contributed by atoms with van der Waals surface area (Å²) in [5.74, 6) is 0. The predicted octanol–water partition coefficient (Wildman–Crippen LogP) is 9.54. The van der Waals surface area contributed by atoms with E-state index in [4.69, 9.17) is 0 Å². The first kappa shape index (κ1) is 21.9. The summed E-state index contributed by atoms with van der Waals surface area (Å²) < 4.78 is 0. The van der Waals surface area contributed by atoms with Crippen LogP contribution in [-0.4, -0.2) is 7.05 Å². The van der Waals surface area contributed by atoms with E-state index in [1.165, 1.54) is 32.8 Å². The first-order valence-corrected chi connectivity index (χ1v) is 12.3. The van der Waals surface area contributed by atoms with Gasteiger partial charge in [-0.05, 0) is 101 Å². The lowest BCUT2D eigenvalue weighted by Crippen LogP contribution is -2.12. The molecule has 0 amide bonds. The largest absolute Gasteiger partial charge is 0.345 e. The van der Waals surface area contributed by atoms with Crippen LogP contribution < -0.4 is 9.80 Å². The molecule has 6 rings (SSSR count). The standard InChI is InChI=1S/C34H28N2/c1-25-12-15-32(16-13-25)36(31-10-4-3-5-11-31)33-20-18-30(19-21-33)35(2)34-17-14-28-22-26-8-6-7-9-27(26)23-29(28)24-34/h3-24H,1-2H3. The smallest absolute Gasteiger partial charge is 0.0463 e. The third-order valence-corrected chi connectivity index (χ3v) is 6.88. The zero-order chi connectivity index (χ0) is 24.5. The summed E-state index contributed by atoms with van der Waals surface area (Å²) in [4.78, 5) is 4.54. The molecule has 6 aromatic rings. The lowest BCUT2D eigenvalue weighted by atomic mass is 10.0. The van der Waals surface area contributed by atoms with E-state index >= 15 is 0 Å². The third-order valence-electron chi connectivity index (χ3n) is 6.88. The average molecular weight is 465 g/mol. The molecule has 0 heterocycles. The van der Waals surface area contributed by atoms with Crippen LogP contribution in [0.4, 0.5) is 28.4 Å². The van der Waals surface area contributed by atoms with Crippen molar-refractivity contribution in [3.63, 3.8) is 0 Å². The van der Waals surface area contributed by atoms with Gasteiger partial charge < -0.3 is 9.80 Å². The monoisotopic (exact) mass is 464 g/mol. The van der Waals surface area contributed by atoms with E-state index in [9.17, 15) is 0 Å². The van der Waals surface area contributed by atoms with Crippen molar-refractivity contribution in [2.45, 2.75) is 6.92 Å². The van der Waals surface area contributed by atoms with Crippen LogP contribution in [-0.2, 0) is 0 Å². The van der Waals surface area contributed by atoms with Gasteiger partial charge in [0.25, 0.3) is 0 Å². The van der Waals surface area contributed by atoms with Crippen LogP contribution in [0.5, 0.6) is 0 Å². The van der Waals surface area contributed by atoms with Crippen LogP contribution >= 0.6 is 0 Å².